The molecule has 4 nitrogen and oxygen atoms in total. The van der Waals surface area contributed by atoms with Crippen molar-refractivity contribution in [2.24, 2.45) is 5.92 Å². The van der Waals surface area contributed by atoms with Crippen LogP contribution in [0.3, 0.4) is 0 Å². The SMILES string of the molecule is CCOC(=O)C(CC)N(CCN(C)C)CC(C)C. The number of nitrogens with zero attached hydrogens (tertiary/aromatic N) is 2. The molecule has 0 aliphatic rings. The van der Waals surface area contributed by atoms with Gasteiger partial charge >= 0.3 is 5.97 Å². The molecule has 18 heavy (non-hydrogen) atoms. The van der Waals surface area contributed by atoms with E-state index in [1.807, 2.05) is 13.8 Å². The number of hydrogen-bond donors (Lipinski definition) is 0. The van der Waals surface area contributed by atoms with E-state index in [1.165, 1.54) is 0 Å². The van der Waals surface area contributed by atoms with Gasteiger partial charge in [-0.1, -0.05) is 20.8 Å². The van der Waals surface area contributed by atoms with Gasteiger partial charge in [0, 0.05) is 19.6 Å². The average molecular weight is 258 g/mol. The van der Waals surface area contributed by atoms with Crippen LogP contribution < -0.4 is 0 Å². The monoisotopic (exact) mass is 258 g/mol. The summed E-state index contributed by atoms with van der Waals surface area (Å²) >= 11 is 0. The maximum absolute atomic E-state index is 12.0. The van der Waals surface area contributed by atoms with E-state index < -0.39 is 0 Å². The van der Waals surface area contributed by atoms with Crippen molar-refractivity contribution < 1.29 is 9.53 Å². The van der Waals surface area contributed by atoms with Crippen molar-refractivity contribution >= 4 is 5.97 Å². The molecule has 0 aromatic heterocycles. The number of likely N-dealkylation sites (N-methyl/N-ethyl adjacent to an activating group) is 1. The average Bonchev–Trinajstić information content (AvgIpc) is 2.26. The summed E-state index contributed by atoms with van der Waals surface area (Å²) in [6, 6.07) is -0.104. The van der Waals surface area contributed by atoms with E-state index in [1.54, 1.807) is 0 Å². The molecule has 0 aliphatic heterocycles. The molecule has 0 N–H and O–H groups in total. The fraction of sp³-hybridized carbons (Fsp3) is 0.929. The highest BCUT2D eigenvalue weighted by Gasteiger charge is 2.25. The number of carbonyl (C=O) groups excluding carboxylic acids is 1. The Kier molecular flexibility index (Phi) is 9.02. The van der Waals surface area contributed by atoms with Crippen LogP contribution in [0.15, 0.2) is 0 Å². The van der Waals surface area contributed by atoms with E-state index in [9.17, 15) is 4.79 Å². The van der Waals surface area contributed by atoms with Crippen LogP contribution in [0, 0.1) is 5.92 Å². The molecule has 1 unspecified atom stereocenters. The van der Waals surface area contributed by atoms with Gasteiger partial charge in [0.25, 0.3) is 0 Å². The van der Waals surface area contributed by atoms with Gasteiger partial charge in [-0.25, -0.2) is 0 Å². The molecule has 0 saturated heterocycles. The lowest BCUT2D eigenvalue weighted by atomic mass is 10.1. The second-order valence-electron chi connectivity index (χ2n) is 5.37. The summed E-state index contributed by atoms with van der Waals surface area (Å²) in [6.45, 7) is 11.5. The molecule has 0 rings (SSSR count). The summed E-state index contributed by atoms with van der Waals surface area (Å²) in [5.41, 5.74) is 0. The van der Waals surface area contributed by atoms with Crippen molar-refractivity contribution in [1.82, 2.24) is 9.80 Å². The molecule has 0 fully saturated rings. The predicted octanol–water partition coefficient (Wildman–Crippen LogP) is 1.85. The highest BCUT2D eigenvalue weighted by Crippen LogP contribution is 2.10. The number of esters is 1. The molecule has 4 heteroatoms. The van der Waals surface area contributed by atoms with Crippen LogP contribution in [0.25, 0.3) is 0 Å². The summed E-state index contributed by atoms with van der Waals surface area (Å²) in [5, 5.41) is 0. The van der Waals surface area contributed by atoms with E-state index in [0.29, 0.717) is 12.5 Å². The Morgan fingerprint density at radius 2 is 1.78 bits per heavy atom. The Morgan fingerprint density at radius 3 is 2.17 bits per heavy atom. The van der Waals surface area contributed by atoms with Gasteiger partial charge in [0.05, 0.1) is 6.61 Å². The number of carbonyl (C=O) groups is 1. The molecule has 0 bridgehead atoms. The molecule has 0 amide bonds. The van der Waals surface area contributed by atoms with Crippen molar-refractivity contribution in [2.75, 3.05) is 40.3 Å². The van der Waals surface area contributed by atoms with Gasteiger partial charge in [-0.3, -0.25) is 9.69 Å². The third kappa shape index (κ3) is 6.97. The Labute approximate surface area is 112 Å². The van der Waals surface area contributed by atoms with Crippen molar-refractivity contribution in [3.63, 3.8) is 0 Å². The fourth-order valence-corrected chi connectivity index (χ4v) is 1.98. The minimum absolute atomic E-state index is 0.0839. The Balaban J connectivity index is 4.60. The van der Waals surface area contributed by atoms with Crippen LogP contribution >= 0.6 is 0 Å². The Hall–Kier alpha value is -0.610. The Bertz CT molecular complexity index is 230. The molecule has 0 aromatic rings. The van der Waals surface area contributed by atoms with Crippen LogP contribution in [0.4, 0.5) is 0 Å². The zero-order valence-corrected chi connectivity index (χ0v) is 12.9. The van der Waals surface area contributed by atoms with Gasteiger partial charge in [-0.05, 0) is 33.4 Å². The summed E-state index contributed by atoms with van der Waals surface area (Å²) in [5.74, 6) is 0.468. The van der Waals surface area contributed by atoms with Gasteiger partial charge in [0.1, 0.15) is 6.04 Å². The van der Waals surface area contributed by atoms with Gasteiger partial charge in [-0.2, -0.15) is 0 Å². The fourth-order valence-electron chi connectivity index (χ4n) is 1.98. The van der Waals surface area contributed by atoms with E-state index in [-0.39, 0.29) is 12.0 Å². The van der Waals surface area contributed by atoms with Crippen molar-refractivity contribution in [1.29, 1.82) is 0 Å². The predicted molar refractivity (Wildman–Crippen MR) is 75.7 cm³/mol. The van der Waals surface area contributed by atoms with Gasteiger partial charge in [0.2, 0.25) is 0 Å². The highest BCUT2D eigenvalue weighted by atomic mass is 16.5. The van der Waals surface area contributed by atoms with E-state index in [0.717, 1.165) is 26.1 Å². The molecule has 0 aliphatic carbocycles. The highest BCUT2D eigenvalue weighted by molar-refractivity contribution is 5.75. The molecule has 0 aromatic carbocycles. The first-order valence-corrected chi connectivity index (χ1v) is 6.97. The van der Waals surface area contributed by atoms with Crippen LogP contribution in [0.2, 0.25) is 0 Å². The number of rotatable bonds is 9. The maximum atomic E-state index is 12.0. The molecule has 0 heterocycles. The second-order valence-corrected chi connectivity index (χ2v) is 5.37. The molecular weight excluding hydrogens is 228 g/mol. The first-order chi connectivity index (χ1) is 8.42. The zero-order valence-electron chi connectivity index (χ0n) is 12.9. The zero-order chi connectivity index (χ0) is 14.1. The topological polar surface area (TPSA) is 32.8 Å². The molecular formula is C14H30N2O2. The lowest BCUT2D eigenvalue weighted by molar-refractivity contribution is -0.150. The largest absolute Gasteiger partial charge is 0.465 e. The summed E-state index contributed by atoms with van der Waals surface area (Å²) in [7, 11) is 4.11. The second kappa shape index (κ2) is 9.34. The normalized spacial score (nSPS) is 13.4. The van der Waals surface area contributed by atoms with Gasteiger partial charge < -0.3 is 9.64 Å². The summed E-state index contributed by atoms with van der Waals surface area (Å²) < 4.78 is 5.17. The quantitative estimate of drug-likeness (QED) is 0.591. The first-order valence-electron chi connectivity index (χ1n) is 6.97. The number of hydrogen-bond acceptors (Lipinski definition) is 4. The van der Waals surface area contributed by atoms with Crippen LogP contribution in [-0.2, 0) is 9.53 Å². The van der Waals surface area contributed by atoms with Crippen LogP contribution in [-0.4, -0.2) is 62.1 Å². The van der Waals surface area contributed by atoms with E-state index in [4.69, 9.17) is 4.74 Å². The lowest BCUT2D eigenvalue weighted by Gasteiger charge is -2.31. The minimum atomic E-state index is -0.104. The molecule has 108 valence electrons. The standard InChI is InChI=1S/C14H30N2O2/c1-7-13(14(17)18-8-2)16(11-12(3)4)10-9-15(5)6/h12-13H,7-11H2,1-6H3. The number of ether oxygens (including phenoxy) is 1. The van der Waals surface area contributed by atoms with Gasteiger partial charge in [0.15, 0.2) is 0 Å². The molecule has 0 spiro atoms. The smallest absolute Gasteiger partial charge is 0.323 e. The molecule has 0 radical (unpaired) electrons. The van der Waals surface area contributed by atoms with E-state index in [2.05, 4.69) is 37.7 Å². The maximum Gasteiger partial charge on any atom is 0.323 e. The van der Waals surface area contributed by atoms with E-state index >= 15 is 0 Å². The van der Waals surface area contributed by atoms with Crippen molar-refractivity contribution in [3.05, 3.63) is 0 Å². The summed E-state index contributed by atoms with van der Waals surface area (Å²) in [6.07, 6.45) is 0.805. The first kappa shape index (κ1) is 17.4. The van der Waals surface area contributed by atoms with Crippen molar-refractivity contribution in [3.8, 4) is 0 Å². The third-order valence-electron chi connectivity index (χ3n) is 2.82. The lowest BCUT2D eigenvalue weighted by Crippen LogP contribution is -2.46. The van der Waals surface area contributed by atoms with Crippen molar-refractivity contribution in [2.45, 2.75) is 40.2 Å². The van der Waals surface area contributed by atoms with Crippen LogP contribution in [0.5, 0.6) is 0 Å². The summed E-state index contributed by atoms with van der Waals surface area (Å²) in [4.78, 5) is 16.4. The Morgan fingerprint density at radius 1 is 1.17 bits per heavy atom. The third-order valence-corrected chi connectivity index (χ3v) is 2.82. The molecule has 0 saturated carbocycles. The minimum Gasteiger partial charge on any atom is -0.465 e. The molecule has 1 atom stereocenters. The van der Waals surface area contributed by atoms with Crippen LogP contribution in [0.1, 0.15) is 34.1 Å². The van der Waals surface area contributed by atoms with Gasteiger partial charge in [-0.15, -0.1) is 0 Å².